The summed E-state index contributed by atoms with van der Waals surface area (Å²) in [6, 6.07) is 0.304. The molecule has 0 radical (unpaired) electrons. The molecular weight excluding hydrogens is 200 g/mol. The molecule has 0 unspecified atom stereocenters. The molecule has 1 aliphatic carbocycles. The Morgan fingerprint density at radius 3 is 2.38 bits per heavy atom. The van der Waals surface area contributed by atoms with Gasteiger partial charge in [0.15, 0.2) is 0 Å². The minimum Gasteiger partial charge on any atom is -0.335 e. The van der Waals surface area contributed by atoms with E-state index in [2.05, 4.69) is 24.5 Å². The number of hydrogen-bond donors (Lipinski definition) is 2. The molecule has 92 valence electrons. The van der Waals surface area contributed by atoms with E-state index in [-0.39, 0.29) is 6.03 Å². The van der Waals surface area contributed by atoms with E-state index in [9.17, 15) is 4.79 Å². The maximum absolute atomic E-state index is 11.5. The maximum Gasteiger partial charge on any atom is 0.318 e. The monoisotopic (exact) mass is 224 g/mol. The zero-order valence-corrected chi connectivity index (χ0v) is 10.5. The van der Waals surface area contributed by atoms with Gasteiger partial charge in [-0.3, -0.25) is 0 Å². The summed E-state index contributed by atoms with van der Waals surface area (Å²) in [4.78, 5) is 11.5. The molecule has 0 aromatic heterocycles. The van der Waals surface area contributed by atoms with Crippen LogP contribution in [-0.4, -0.2) is 12.1 Å². The molecule has 0 aliphatic heterocycles. The molecule has 0 saturated heterocycles. The molecule has 3 heteroatoms. The lowest BCUT2D eigenvalue weighted by molar-refractivity contribution is 0.239. The fourth-order valence-corrected chi connectivity index (χ4v) is 1.97. The molecule has 0 bridgehead atoms. The number of rotatable bonds is 3. The van der Waals surface area contributed by atoms with Gasteiger partial charge in [0.05, 0.1) is 0 Å². The lowest BCUT2D eigenvalue weighted by Gasteiger charge is -2.15. The van der Waals surface area contributed by atoms with Crippen LogP contribution in [0.2, 0.25) is 0 Å². The summed E-state index contributed by atoms with van der Waals surface area (Å²) in [5.74, 6) is 0.471. The van der Waals surface area contributed by atoms with Crippen LogP contribution < -0.4 is 10.6 Å². The first kappa shape index (κ1) is 13.1. The van der Waals surface area contributed by atoms with Crippen molar-refractivity contribution in [1.29, 1.82) is 0 Å². The molecule has 3 nitrogen and oxygen atoms in total. The molecular formula is C13H24N2O. The Morgan fingerprint density at radius 1 is 1.19 bits per heavy atom. The maximum atomic E-state index is 11.5. The van der Waals surface area contributed by atoms with Crippen molar-refractivity contribution >= 4 is 6.03 Å². The molecule has 2 amide bonds. The van der Waals surface area contributed by atoms with Crippen LogP contribution in [0.5, 0.6) is 0 Å². The number of carbonyl (C=O) groups excluding carboxylic acids is 1. The van der Waals surface area contributed by atoms with Gasteiger partial charge in [-0.05, 0) is 18.8 Å². The van der Waals surface area contributed by atoms with E-state index >= 15 is 0 Å². The standard InChI is InChI=1S/C13H24N2O/c1-11(2)9-10-14-13(16)15-12-7-5-3-4-6-8-12/h9-12H,3-8H2,1-2H3,(H2,14,15,16)/b10-9+. The van der Waals surface area contributed by atoms with Gasteiger partial charge in [-0.15, -0.1) is 0 Å². The Morgan fingerprint density at radius 2 is 1.81 bits per heavy atom. The lowest BCUT2D eigenvalue weighted by atomic mass is 10.1. The van der Waals surface area contributed by atoms with E-state index in [0.29, 0.717) is 12.0 Å². The van der Waals surface area contributed by atoms with Gasteiger partial charge in [0.25, 0.3) is 0 Å². The quantitative estimate of drug-likeness (QED) is 0.710. The zero-order chi connectivity index (χ0) is 11.8. The smallest absolute Gasteiger partial charge is 0.318 e. The Bertz CT molecular complexity index is 228. The summed E-state index contributed by atoms with van der Waals surface area (Å²) in [6.45, 7) is 4.17. The second-order valence-corrected chi connectivity index (χ2v) is 4.91. The van der Waals surface area contributed by atoms with Crippen LogP contribution in [0.1, 0.15) is 52.4 Å². The number of nitrogens with one attached hydrogen (secondary N) is 2. The van der Waals surface area contributed by atoms with Gasteiger partial charge in [-0.1, -0.05) is 45.6 Å². The van der Waals surface area contributed by atoms with Crippen molar-refractivity contribution in [3.8, 4) is 0 Å². The van der Waals surface area contributed by atoms with E-state index < -0.39 is 0 Å². The summed E-state index contributed by atoms with van der Waals surface area (Å²) in [7, 11) is 0. The molecule has 1 saturated carbocycles. The molecule has 1 fully saturated rings. The van der Waals surface area contributed by atoms with E-state index in [4.69, 9.17) is 0 Å². The first-order valence-corrected chi connectivity index (χ1v) is 6.42. The van der Waals surface area contributed by atoms with Crippen LogP contribution >= 0.6 is 0 Å². The Balaban J connectivity index is 2.21. The highest BCUT2D eigenvalue weighted by atomic mass is 16.2. The van der Waals surface area contributed by atoms with Gasteiger partial charge >= 0.3 is 6.03 Å². The third kappa shape index (κ3) is 5.79. The predicted octanol–water partition coefficient (Wildman–Crippen LogP) is 3.18. The minimum atomic E-state index is -0.0659. The summed E-state index contributed by atoms with van der Waals surface area (Å²) in [6.07, 6.45) is 11.1. The normalized spacial score (nSPS) is 18.7. The topological polar surface area (TPSA) is 41.1 Å². The number of amides is 2. The minimum absolute atomic E-state index is 0.0659. The third-order valence-electron chi connectivity index (χ3n) is 2.89. The Kier molecular flexibility index (Phi) is 5.98. The predicted molar refractivity (Wildman–Crippen MR) is 67.1 cm³/mol. The SMILES string of the molecule is CC(C)/C=C/NC(=O)NC1CCCCCC1. The molecule has 2 N–H and O–H groups in total. The van der Waals surface area contributed by atoms with Crippen molar-refractivity contribution < 1.29 is 4.79 Å². The van der Waals surface area contributed by atoms with Crippen LogP contribution in [0.3, 0.4) is 0 Å². The molecule has 16 heavy (non-hydrogen) atoms. The van der Waals surface area contributed by atoms with Crippen molar-refractivity contribution in [3.63, 3.8) is 0 Å². The average molecular weight is 224 g/mol. The van der Waals surface area contributed by atoms with E-state index in [1.807, 2.05) is 6.08 Å². The first-order chi connectivity index (χ1) is 7.68. The van der Waals surface area contributed by atoms with Crippen LogP contribution in [0.25, 0.3) is 0 Å². The fourth-order valence-electron chi connectivity index (χ4n) is 1.97. The summed E-state index contributed by atoms with van der Waals surface area (Å²) in [5, 5.41) is 5.78. The first-order valence-electron chi connectivity index (χ1n) is 6.42. The zero-order valence-electron chi connectivity index (χ0n) is 10.5. The highest BCUT2D eigenvalue weighted by molar-refractivity contribution is 5.75. The number of urea groups is 1. The molecule has 0 atom stereocenters. The van der Waals surface area contributed by atoms with Gasteiger partial charge < -0.3 is 10.6 Å². The van der Waals surface area contributed by atoms with Crippen LogP contribution in [0, 0.1) is 5.92 Å². The van der Waals surface area contributed by atoms with Gasteiger partial charge in [0.1, 0.15) is 0 Å². The molecule has 0 heterocycles. The molecule has 1 rings (SSSR count). The van der Waals surface area contributed by atoms with Gasteiger partial charge in [0, 0.05) is 12.2 Å². The van der Waals surface area contributed by atoms with Gasteiger partial charge in [-0.25, -0.2) is 4.79 Å². The van der Waals surface area contributed by atoms with E-state index in [1.54, 1.807) is 6.20 Å². The highest BCUT2D eigenvalue weighted by Gasteiger charge is 2.13. The van der Waals surface area contributed by atoms with E-state index in [1.165, 1.54) is 25.7 Å². The van der Waals surface area contributed by atoms with Crippen molar-refractivity contribution in [2.75, 3.05) is 0 Å². The van der Waals surface area contributed by atoms with Crippen molar-refractivity contribution in [1.82, 2.24) is 10.6 Å². The Hall–Kier alpha value is -0.990. The van der Waals surface area contributed by atoms with Crippen molar-refractivity contribution in [3.05, 3.63) is 12.3 Å². The molecule has 0 spiro atoms. The number of allylic oxidation sites excluding steroid dienone is 1. The lowest BCUT2D eigenvalue weighted by Crippen LogP contribution is -2.39. The molecule has 0 aromatic carbocycles. The third-order valence-corrected chi connectivity index (χ3v) is 2.89. The summed E-state index contributed by atoms with van der Waals surface area (Å²) < 4.78 is 0. The Labute approximate surface area is 98.7 Å². The van der Waals surface area contributed by atoms with Gasteiger partial charge in [-0.2, -0.15) is 0 Å². The second-order valence-electron chi connectivity index (χ2n) is 4.91. The highest BCUT2D eigenvalue weighted by Crippen LogP contribution is 2.16. The van der Waals surface area contributed by atoms with Crippen molar-refractivity contribution in [2.45, 2.75) is 58.4 Å². The summed E-state index contributed by atoms with van der Waals surface area (Å²) in [5.41, 5.74) is 0. The van der Waals surface area contributed by atoms with Crippen molar-refractivity contribution in [2.24, 2.45) is 5.92 Å². The molecule has 0 aromatic rings. The fraction of sp³-hybridized carbons (Fsp3) is 0.769. The van der Waals surface area contributed by atoms with Crippen LogP contribution in [0.15, 0.2) is 12.3 Å². The van der Waals surface area contributed by atoms with E-state index in [0.717, 1.165) is 12.8 Å². The average Bonchev–Trinajstić information content (AvgIpc) is 2.45. The van der Waals surface area contributed by atoms with Crippen LogP contribution in [-0.2, 0) is 0 Å². The van der Waals surface area contributed by atoms with Crippen LogP contribution in [0.4, 0.5) is 4.79 Å². The largest absolute Gasteiger partial charge is 0.335 e. The summed E-state index contributed by atoms with van der Waals surface area (Å²) >= 11 is 0. The second kappa shape index (κ2) is 7.31. The number of carbonyl (C=O) groups is 1. The van der Waals surface area contributed by atoms with Gasteiger partial charge in [0.2, 0.25) is 0 Å². The number of hydrogen-bond acceptors (Lipinski definition) is 1. The molecule has 1 aliphatic rings.